The number of ether oxygens (including phenoxy) is 1. The third-order valence-corrected chi connectivity index (χ3v) is 2.25. The van der Waals surface area contributed by atoms with E-state index in [0.29, 0.717) is 0 Å². The lowest BCUT2D eigenvalue weighted by Gasteiger charge is -2.07. The van der Waals surface area contributed by atoms with Crippen molar-refractivity contribution in [3.05, 3.63) is 21.1 Å². The van der Waals surface area contributed by atoms with Crippen molar-refractivity contribution in [1.82, 2.24) is 4.98 Å². The Balaban J connectivity index is 3.30. The van der Waals surface area contributed by atoms with Crippen LogP contribution in [0.5, 0.6) is 5.88 Å². The Bertz CT molecular complexity index is 319. The quantitative estimate of drug-likeness (QED) is 0.619. The van der Waals surface area contributed by atoms with Crippen molar-refractivity contribution in [1.29, 1.82) is 0 Å². The zero-order valence-electron chi connectivity index (χ0n) is 6.52. The van der Waals surface area contributed by atoms with Crippen molar-refractivity contribution in [2.45, 2.75) is 6.43 Å². The highest BCUT2D eigenvalue weighted by Crippen LogP contribution is 2.31. The normalized spacial score (nSPS) is 10.6. The van der Waals surface area contributed by atoms with E-state index in [1.807, 2.05) is 0 Å². The molecule has 0 aromatic carbocycles. The molecule has 0 fully saturated rings. The van der Waals surface area contributed by atoms with Gasteiger partial charge in [-0.1, -0.05) is 0 Å². The number of pyridine rings is 1. The molecule has 0 amide bonds. The summed E-state index contributed by atoms with van der Waals surface area (Å²) in [6, 6.07) is 0.935. The van der Waals surface area contributed by atoms with Crippen molar-refractivity contribution < 1.29 is 17.9 Å². The molecule has 1 aromatic rings. The molecule has 72 valence electrons. The van der Waals surface area contributed by atoms with Gasteiger partial charge in [-0.25, -0.2) is 8.78 Å². The molecular weight excluding hydrogens is 298 g/mol. The summed E-state index contributed by atoms with van der Waals surface area (Å²) in [6.07, 6.45) is -2.71. The molecule has 2 nitrogen and oxygen atoms in total. The van der Waals surface area contributed by atoms with E-state index >= 15 is 0 Å². The molecular formula is C7H5F3INO. The molecule has 1 rings (SSSR count). The molecule has 0 aliphatic heterocycles. The second kappa shape index (κ2) is 4.12. The van der Waals surface area contributed by atoms with E-state index in [4.69, 9.17) is 0 Å². The van der Waals surface area contributed by atoms with Gasteiger partial charge in [-0.3, -0.25) is 0 Å². The fourth-order valence-electron chi connectivity index (χ4n) is 0.827. The molecule has 0 saturated carbocycles. The average Bonchev–Trinajstić information content (AvgIpc) is 2.01. The van der Waals surface area contributed by atoms with Crippen LogP contribution in [0.4, 0.5) is 13.2 Å². The molecule has 0 bridgehead atoms. The Kier molecular flexibility index (Phi) is 3.34. The second-order valence-electron chi connectivity index (χ2n) is 2.15. The fourth-order valence-corrected chi connectivity index (χ4v) is 1.55. The standard InChI is InChI=1S/C7H5F3INO/c1-13-7-5(6(9)10)3(11)2-4(8)12-7/h2,6H,1H3. The Hall–Kier alpha value is -0.530. The van der Waals surface area contributed by atoms with Gasteiger partial charge in [0.05, 0.1) is 12.7 Å². The monoisotopic (exact) mass is 303 g/mol. The molecule has 6 heteroatoms. The predicted molar refractivity (Wildman–Crippen MR) is 48.4 cm³/mol. The van der Waals surface area contributed by atoms with Crippen LogP contribution in [0.15, 0.2) is 6.07 Å². The maximum absolute atomic E-state index is 12.6. The van der Waals surface area contributed by atoms with Crippen LogP contribution in [0, 0.1) is 9.52 Å². The molecule has 1 aromatic heterocycles. The van der Waals surface area contributed by atoms with E-state index in [-0.39, 0.29) is 15.0 Å². The van der Waals surface area contributed by atoms with Gasteiger partial charge in [0.2, 0.25) is 11.8 Å². The van der Waals surface area contributed by atoms with Gasteiger partial charge >= 0.3 is 0 Å². The lowest BCUT2D eigenvalue weighted by molar-refractivity contribution is 0.144. The highest BCUT2D eigenvalue weighted by Gasteiger charge is 2.20. The first-order chi connectivity index (χ1) is 6.06. The number of nitrogens with zero attached hydrogens (tertiary/aromatic N) is 1. The molecule has 0 aliphatic carbocycles. The SMILES string of the molecule is COc1nc(F)cc(I)c1C(F)F. The summed E-state index contributed by atoms with van der Waals surface area (Å²) in [6.45, 7) is 0. The molecule has 0 atom stereocenters. The van der Waals surface area contributed by atoms with Gasteiger partial charge in [0.25, 0.3) is 6.43 Å². The maximum Gasteiger partial charge on any atom is 0.270 e. The number of hydrogen-bond acceptors (Lipinski definition) is 2. The van der Waals surface area contributed by atoms with E-state index in [1.54, 1.807) is 22.6 Å². The summed E-state index contributed by atoms with van der Waals surface area (Å²) in [5.41, 5.74) is -0.371. The Morgan fingerprint density at radius 1 is 1.54 bits per heavy atom. The summed E-state index contributed by atoms with van der Waals surface area (Å²) in [7, 11) is 1.17. The zero-order chi connectivity index (χ0) is 10.0. The van der Waals surface area contributed by atoms with Gasteiger partial charge < -0.3 is 4.74 Å². The van der Waals surface area contributed by atoms with Crippen LogP contribution in [0.25, 0.3) is 0 Å². The first-order valence-corrected chi connectivity index (χ1v) is 4.32. The molecule has 1 heterocycles. The summed E-state index contributed by atoms with van der Waals surface area (Å²) in [5.74, 6) is -1.19. The maximum atomic E-state index is 12.6. The number of methoxy groups -OCH3 is 1. The Morgan fingerprint density at radius 3 is 2.62 bits per heavy atom. The third-order valence-electron chi connectivity index (χ3n) is 1.35. The lowest BCUT2D eigenvalue weighted by Crippen LogP contribution is -2.00. The van der Waals surface area contributed by atoms with Crippen LogP contribution in [0.3, 0.4) is 0 Å². The van der Waals surface area contributed by atoms with Gasteiger partial charge in [-0.15, -0.1) is 0 Å². The van der Waals surface area contributed by atoms with Crippen molar-refractivity contribution in [3.63, 3.8) is 0 Å². The highest BCUT2D eigenvalue weighted by molar-refractivity contribution is 14.1. The van der Waals surface area contributed by atoms with Crippen LogP contribution in [0.2, 0.25) is 0 Å². The van der Waals surface area contributed by atoms with Crippen molar-refractivity contribution >= 4 is 22.6 Å². The molecule has 0 radical (unpaired) electrons. The van der Waals surface area contributed by atoms with Crippen molar-refractivity contribution in [2.75, 3.05) is 7.11 Å². The number of hydrogen-bond donors (Lipinski definition) is 0. The minimum absolute atomic E-state index is 0.108. The molecule has 0 unspecified atom stereocenters. The Labute approximate surface area is 86.3 Å². The second-order valence-corrected chi connectivity index (χ2v) is 3.31. The molecule has 13 heavy (non-hydrogen) atoms. The molecule has 0 N–H and O–H groups in total. The number of alkyl halides is 2. The fraction of sp³-hybridized carbons (Fsp3) is 0.286. The topological polar surface area (TPSA) is 22.1 Å². The summed E-state index contributed by atoms with van der Waals surface area (Å²) in [4.78, 5) is 3.20. The number of halogens is 4. The van der Waals surface area contributed by atoms with E-state index in [9.17, 15) is 13.2 Å². The van der Waals surface area contributed by atoms with Crippen LogP contribution in [-0.2, 0) is 0 Å². The lowest BCUT2D eigenvalue weighted by atomic mass is 10.3. The third kappa shape index (κ3) is 2.23. The van der Waals surface area contributed by atoms with Crippen LogP contribution in [0.1, 0.15) is 12.0 Å². The Morgan fingerprint density at radius 2 is 2.15 bits per heavy atom. The number of rotatable bonds is 2. The first kappa shape index (κ1) is 10.6. The van der Waals surface area contributed by atoms with Gasteiger partial charge in [0.15, 0.2) is 0 Å². The minimum atomic E-state index is -2.71. The zero-order valence-corrected chi connectivity index (χ0v) is 8.68. The van der Waals surface area contributed by atoms with Crippen LogP contribution in [-0.4, -0.2) is 12.1 Å². The predicted octanol–water partition coefficient (Wildman–Crippen LogP) is 2.77. The van der Waals surface area contributed by atoms with Crippen LogP contribution < -0.4 is 4.74 Å². The first-order valence-electron chi connectivity index (χ1n) is 3.24. The molecule has 0 saturated heterocycles. The minimum Gasteiger partial charge on any atom is -0.481 e. The van der Waals surface area contributed by atoms with Gasteiger partial charge in [0, 0.05) is 9.64 Å². The van der Waals surface area contributed by atoms with Gasteiger partial charge in [-0.05, 0) is 22.6 Å². The molecule has 0 aliphatic rings. The van der Waals surface area contributed by atoms with Crippen molar-refractivity contribution in [3.8, 4) is 5.88 Å². The summed E-state index contributed by atoms with van der Waals surface area (Å²) >= 11 is 1.61. The highest BCUT2D eigenvalue weighted by atomic mass is 127. The van der Waals surface area contributed by atoms with Gasteiger partial charge in [-0.2, -0.15) is 9.37 Å². The smallest absolute Gasteiger partial charge is 0.270 e. The van der Waals surface area contributed by atoms with Gasteiger partial charge in [0.1, 0.15) is 0 Å². The molecule has 0 spiro atoms. The van der Waals surface area contributed by atoms with E-state index < -0.39 is 12.4 Å². The summed E-state index contributed by atoms with van der Waals surface area (Å²) in [5, 5.41) is 0. The van der Waals surface area contributed by atoms with E-state index in [2.05, 4.69) is 9.72 Å². The largest absolute Gasteiger partial charge is 0.481 e. The van der Waals surface area contributed by atoms with Crippen molar-refractivity contribution in [2.24, 2.45) is 0 Å². The number of aromatic nitrogens is 1. The van der Waals surface area contributed by atoms with Crippen LogP contribution >= 0.6 is 22.6 Å². The van der Waals surface area contributed by atoms with E-state index in [0.717, 1.165) is 6.07 Å². The summed E-state index contributed by atoms with van der Waals surface area (Å²) < 4.78 is 42.0. The van der Waals surface area contributed by atoms with E-state index in [1.165, 1.54) is 7.11 Å². The average molecular weight is 303 g/mol.